The van der Waals surface area contributed by atoms with Crippen LogP contribution in [0.3, 0.4) is 0 Å². The molecule has 12 aromatic rings. The summed E-state index contributed by atoms with van der Waals surface area (Å²) in [7, 11) is 0. The van der Waals surface area contributed by atoms with Crippen LogP contribution in [0.15, 0.2) is 188 Å². The molecule has 0 N–H and O–H groups in total. The molecule has 1 aliphatic heterocycles. The standard InChI is InChI=1S/C57H42N6O/c1-36-30-54(58-34-47(36)37-16-5-4-6-17-37)63-50-25-12-9-20-41(50)44-29-28-40(32-53(44)63)64-39-19-15-18-38(31-39)61-35-62(52-27-14-13-26-51(52)61)57-55-45(42-21-7-10-23-48(42)59(55)2)33-46-43-22-8-11-24-49(43)60(3)56(46)57/h4-34H,35H2,1-3H3/i2D3,3D3. The Hall–Kier alpha value is -8.29. The molecule has 0 bridgehead atoms. The van der Waals surface area contributed by atoms with Gasteiger partial charge in [-0.2, -0.15) is 0 Å². The SMILES string of the molecule is [2H]C([2H])([2H])n1c2ccccc2c2cc3c4ccccc4n(C([2H])([2H])[2H])c3c(N3CN(c4cccc(Oc5ccc6c7ccccc7n(-c7cc(C)c(-c8ccccc8)cn7)c6c5)c4)c4ccccc43)c21. The predicted molar refractivity (Wildman–Crippen MR) is 265 cm³/mol. The minimum absolute atomic E-state index is 0.240. The van der Waals surface area contributed by atoms with E-state index in [0.717, 1.165) is 82.9 Å². The number of ether oxygens (including phenoxy) is 1. The van der Waals surface area contributed by atoms with Gasteiger partial charge < -0.3 is 23.7 Å². The number of anilines is 4. The first-order valence-electron chi connectivity index (χ1n) is 24.4. The van der Waals surface area contributed by atoms with Gasteiger partial charge in [-0.3, -0.25) is 4.57 Å². The first-order valence-corrected chi connectivity index (χ1v) is 21.4. The average molecular weight is 833 g/mol. The number of aromatic nitrogens is 4. The lowest BCUT2D eigenvalue weighted by Gasteiger charge is -2.25. The molecule has 306 valence electrons. The summed E-state index contributed by atoms with van der Waals surface area (Å²) >= 11 is 0. The molecule has 64 heavy (non-hydrogen) atoms. The minimum atomic E-state index is -2.61. The fourth-order valence-electron chi connectivity index (χ4n) is 10.1. The van der Waals surface area contributed by atoms with Crippen molar-refractivity contribution in [2.45, 2.75) is 6.92 Å². The molecule has 7 nitrogen and oxygen atoms in total. The Morgan fingerprint density at radius 1 is 0.500 bits per heavy atom. The van der Waals surface area contributed by atoms with Gasteiger partial charge in [0.2, 0.25) is 0 Å². The molecular weight excluding hydrogens is 785 g/mol. The first kappa shape index (κ1) is 30.7. The van der Waals surface area contributed by atoms with Crippen molar-refractivity contribution in [2.24, 2.45) is 14.0 Å². The Kier molecular flexibility index (Phi) is 6.65. The fourth-order valence-corrected chi connectivity index (χ4v) is 10.1. The molecule has 4 aromatic heterocycles. The first-order chi connectivity index (χ1) is 33.9. The fraction of sp³-hybridized carbons (Fsp3) is 0.0702. The summed E-state index contributed by atoms with van der Waals surface area (Å²) in [4.78, 5) is 9.25. The molecule has 0 spiro atoms. The summed E-state index contributed by atoms with van der Waals surface area (Å²) in [5.41, 5.74) is 10.3. The van der Waals surface area contributed by atoms with E-state index in [1.165, 1.54) is 9.13 Å². The van der Waals surface area contributed by atoms with Gasteiger partial charge in [0.05, 0.1) is 39.1 Å². The van der Waals surface area contributed by atoms with E-state index in [0.29, 0.717) is 39.3 Å². The van der Waals surface area contributed by atoms with Crippen molar-refractivity contribution in [1.29, 1.82) is 0 Å². The van der Waals surface area contributed by atoms with Gasteiger partial charge in [0.25, 0.3) is 0 Å². The van der Waals surface area contributed by atoms with E-state index in [9.17, 15) is 0 Å². The Morgan fingerprint density at radius 3 is 1.78 bits per heavy atom. The summed E-state index contributed by atoms with van der Waals surface area (Å²) in [6.45, 7) is -2.85. The Morgan fingerprint density at radius 2 is 1.09 bits per heavy atom. The monoisotopic (exact) mass is 832 g/mol. The van der Waals surface area contributed by atoms with E-state index in [2.05, 4.69) is 69.8 Å². The van der Waals surface area contributed by atoms with Crippen molar-refractivity contribution in [3.63, 3.8) is 0 Å². The quantitative estimate of drug-likeness (QED) is 0.167. The third kappa shape index (κ3) is 5.31. The van der Waals surface area contributed by atoms with Gasteiger partial charge in [-0.25, -0.2) is 4.98 Å². The number of pyridine rings is 1. The van der Waals surface area contributed by atoms with Crippen molar-refractivity contribution >= 4 is 88.2 Å². The van der Waals surface area contributed by atoms with Crippen LogP contribution < -0.4 is 14.5 Å². The van der Waals surface area contributed by atoms with Crippen LogP contribution >= 0.6 is 0 Å². The van der Waals surface area contributed by atoms with Gasteiger partial charge >= 0.3 is 0 Å². The van der Waals surface area contributed by atoms with E-state index in [1.807, 2.05) is 140 Å². The molecule has 0 saturated carbocycles. The molecule has 0 fully saturated rings. The van der Waals surface area contributed by atoms with Crippen LogP contribution in [0, 0.1) is 6.92 Å². The van der Waals surface area contributed by atoms with Crippen molar-refractivity contribution in [3.8, 4) is 28.4 Å². The molecule has 0 atom stereocenters. The van der Waals surface area contributed by atoms with Crippen molar-refractivity contribution in [1.82, 2.24) is 18.7 Å². The zero-order valence-corrected chi connectivity index (χ0v) is 34.7. The molecule has 0 amide bonds. The topological polar surface area (TPSA) is 43.4 Å². The van der Waals surface area contributed by atoms with Crippen LogP contribution in [0.1, 0.15) is 13.8 Å². The molecule has 0 unspecified atom stereocenters. The molecular formula is C57H42N6O. The lowest BCUT2D eigenvalue weighted by atomic mass is 10.0. The Balaban J connectivity index is 0.941. The number of aryl methyl sites for hydroxylation is 3. The lowest BCUT2D eigenvalue weighted by molar-refractivity contribution is 0.483. The van der Waals surface area contributed by atoms with Gasteiger partial charge in [0.1, 0.15) is 24.0 Å². The highest BCUT2D eigenvalue weighted by atomic mass is 16.5. The predicted octanol–water partition coefficient (Wildman–Crippen LogP) is 14.5. The Labute approximate surface area is 378 Å². The molecule has 1 aliphatic rings. The number of benzene rings is 8. The second-order valence-corrected chi connectivity index (χ2v) is 16.6. The maximum absolute atomic E-state index is 8.95. The third-order valence-electron chi connectivity index (χ3n) is 13.0. The van der Waals surface area contributed by atoms with Crippen molar-refractivity contribution in [2.75, 3.05) is 16.5 Å². The maximum atomic E-state index is 8.95. The highest BCUT2D eigenvalue weighted by molar-refractivity contribution is 6.25. The summed E-state index contributed by atoms with van der Waals surface area (Å²) in [5.74, 6) is 2.08. The van der Waals surface area contributed by atoms with Crippen LogP contribution in [0.2, 0.25) is 0 Å². The number of para-hydroxylation sites is 5. The van der Waals surface area contributed by atoms with Crippen molar-refractivity contribution < 1.29 is 13.0 Å². The van der Waals surface area contributed by atoms with Crippen LogP contribution in [0.4, 0.5) is 22.7 Å². The van der Waals surface area contributed by atoms with Gasteiger partial charge in [-0.05, 0) is 84.8 Å². The normalized spacial score (nSPS) is 14.6. The molecule has 7 heteroatoms. The van der Waals surface area contributed by atoms with Crippen LogP contribution in [-0.4, -0.2) is 25.4 Å². The lowest BCUT2D eigenvalue weighted by Crippen LogP contribution is -2.25. The average Bonchev–Trinajstić information content (AvgIpc) is 4.10. The number of nitrogens with zero attached hydrogens (tertiary/aromatic N) is 6. The zero-order chi connectivity index (χ0) is 47.6. The Bertz CT molecular complexity index is 3990. The minimum Gasteiger partial charge on any atom is -0.457 e. The van der Waals surface area contributed by atoms with E-state index < -0.39 is 14.0 Å². The van der Waals surface area contributed by atoms with E-state index >= 15 is 0 Å². The summed E-state index contributed by atoms with van der Waals surface area (Å²) in [6.07, 6.45) is 1.95. The van der Waals surface area contributed by atoms with Gasteiger partial charge in [0, 0.05) is 95.1 Å². The molecule has 0 saturated heterocycles. The van der Waals surface area contributed by atoms with Crippen molar-refractivity contribution in [3.05, 3.63) is 194 Å². The summed E-state index contributed by atoms with van der Waals surface area (Å²) in [6, 6.07) is 59.8. The summed E-state index contributed by atoms with van der Waals surface area (Å²) in [5, 5.41) is 5.17. The van der Waals surface area contributed by atoms with Gasteiger partial charge in [0.15, 0.2) is 0 Å². The second kappa shape index (κ2) is 13.9. The van der Waals surface area contributed by atoms with E-state index in [-0.39, 0.29) is 6.67 Å². The summed E-state index contributed by atoms with van der Waals surface area (Å²) < 4.78 is 65.5. The van der Waals surface area contributed by atoms with Crippen LogP contribution in [0.25, 0.3) is 82.4 Å². The van der Waals surface area contributed by atoms with Crippen LogP contribution in [0.5, 0.6) is 11.5 Å². The molecule has 13 rings (SSSR count). The molecule has 0 radical (unpaired) electrons. The zero-order valence-electron chi connectivity index (χ0n) is 40.7. The molecule has 8 aromatic carbocycles. The van der Waals surface area contributed by atoms with E-state index in [4.69, 9.17) is 17.9 Å². The van der Waals surface area contributed by atoms with Crippen LogP contribution in [-0.2, 0) is 14.0 Å². The largest absolute Gasteiger partial charge is 0.457 e. The second-order valence-electron chi connectivity index (χ2n) is 16.6. The highest BCUT2D eigenvalue weighted by Crippen LogP contribution is 2.51. The number of fused-ring (bicyclic) bond motifs is 10. The third-order valence-corrected chi connectivity index (χ3v) is 13.0. The number of rotatable bonds is 6. The number of hydrogen-bond acceptors (Lipinski definition) is 4. The van der Waals surface area contributed by atoms with Gasteiger partial charge in [-0.15, -0.1) is 0 Å². The van der Waals surface area contributed by atoms with E-state index in [1.54, 1.807) is 0 Å². The molecule has 0 aliphatic carbocycles. The smallest absolute Gasteiger partial charge is 0.137 e. The van der Waals surface area contributed by atoms with Gasteiger partial charge in [-0.1, -0.05) is 103 Å². The molecule has 5 heterocycles. The maximum Gasteiger partial charge on any atom is 0.137 e. The number of hydrogen-bond donors (Lipinski definition) is 0. The highest BCUT2D eigenvalue weighted by Gasteiger charge is 2.33.